The maximum atomic E-state index is 12.6. The predicted octanol–water partition coefficient (Wildman–Crippen LogP) is 2.25. The molecule has 3 heterocycles. The van der Waals surface area contributed by atoms with Crippen LogP contribution < -0.4 is 5.32 Å². The molecule has 130 valence electrons. The monoisotopic (exact) mass is 357 g/mol. The zero-order valence-corrected chi connectivity index (χ0v) is 14.5. The molecule has 1 aliphatic carbocycles. The van der Waals surface area contributed by atoms with Gasteiger partial charge in [-0.3, -0.25) is 4.79 Å². The van der Waals surface area contributed by atoms with Crippen LogP contribution in [0.5, 0.6) is 0 Å². The maximum Gasteiger partial charge on any atom is 0.252 e. The molecular formula is C17H19N5O2S. The molecule has 4 rings (SSSR count). The standard InChI is InChI=1S/C17H19N5O2S/c18-11-17(4-5-17)22-9-14(20-21-22)15(12-1-6-24-7-2-12)19-16(23)13-3-8-25-10-13/h3,8-10,12,15H,1-2,4-7H2,(H,19,23). The molecule has 0 bridgehead atoms. The molecule has 7 nitrogen and oxygen atoms in total. The molecule has 1 unspecified atom stereocenters. The van der Waals surface area contributed by atoms with E-state index in [0.717, 1.165) is 31.4 Å². The van der Waals surface area contributed by atoms with E-state index in [9.17, 15) is 10.1 Å². The lowest BCUT2D eigenvalue weighted by Crippen LogP contribution is -2.36. The molecule has 1 atom stereocenters. The Labute approximate surface area is 149 Å². The second-order valence-electron chi connectivity index (χ2n) is 6.64. The second kappa shape index (κ2) is 6.58. The topological polar surface area (TPSA) is 92.8 Å². The van der Waals surface area contributed by atoms with E-state index in [4.69, 9.17) is 4.74 Å². The molecule has 1 amide bonds. The summed E-state index contributed by atoms with van der Waals surface area (Å²) in [4.78, 5) is 12.6. The van der Waals surface area contributed by atoms with Crippen LogP contribution in [0.25, 0.3) is 0 Å². The van der Waals surface area contributed by atoms with E-state index in [0.29, 0.717) is 18.8 Å². The minimum absolute atomic E-state index is 0.103. The molecule has 2 aromatic heterocycles. The smallest absolute Gasteiger partial charge is 0.252 e. The minimum Gasteiger partial charge on any atom is -0.381 e. The largest absolute Gasteiger partial charge is 0.381 e. The van der Waals surface area contributed by atoms with Crippen molar-refractivity contribution in [3.8, 4) is 6.07 Å². The molecule has 2 aliphatic rings. The molecule has 2 aromatic rings. The molecule has 25 heavy (non-hydrogen) atoms. The quantitative estimate of drug-likeness (QED) is 0.886. The summed E-state index contributed by atoms with van der Waals surface area (Å²) in [7, 11) is 0. The fourth-order valence-corrected chi connectivity index (χ4v) is 3.88. The van der Waals surface area contributed by atoms with Crippen molar-refractivity contribution >= 4 is 17.2 Å². The van der Waals surface area contributed by atoms with Gasteiger partial charge < -0.3 is 10.1 Å². The summed E-state index contributed by atoms with van der Waals surface area (Å²) < 4.78 is 7.11. The Hall–Kier alpha value is -2.24. The summed E-state index contributed by atoms with van der Waals surface area (Å²) >= 11 is 1.50. The summed E-state index contributed by atoms with van der Waals surface area (Å²) in [5.74, 6) is 0.146. The first-order valence-corrected chi connectivity index (χ1v) is 9.41. The van der Waals surface area contributed by atoms with Gasteiger partial charge >= 0.3 is 0 Å². The third kappa shape index (κ3) is 3.17. The summed E-state index contributed by atoms with van der Waals surface area (Å²) in [6.45, 7) is 1.37. The Bertz CT molecular complexity index is 784. The molecule has 1 saturated carbocycles. The van der Waals surface area contributed by atoms with Gasteiger partial charge in [-0.15, -0.1) is 5.10 Å². The van der Waals surface area contributed by atoms with Crippen molar-refractivity contribution in [2.45, 2.75) is 37.3 Å². The van der Waals surface area contributed by atoms with Crippen molar-refractivity contribution in [3.63, 3.8) is 0 Å². The van der Waals surface area contributed by atoms with Gasteiger partial charge in [-0.25, -0.2) is 4.68 Å². The Morgan fingerprint density at radius 2 is 2.28 bits per heavy atom. The van der Waals surface area contributed by atoms with Gasteiger partial charge in [0.25, 0.3) is 5.91 Å². The van der Waals surface area contributed by atoms with Crippen LogP contribution in [0, 0.1) is 17.2 Å². The fraction of sp³-hybridized carbons (Fsp3) is 0.529. The zero-order chi connectivity index (χ0) is 17.3. The Balaban J connectivity index is 1.59. The average Bonchev–Trinajstić information content (AvgIpc) is 3.05. The van der Waals surface area contributed by atoms with Crippen LogP contribution in [0.3, 0.4) is 0 Å². The van der Waals surface area contributed by atoms with E-state index in [1.54, 1.807) is 4.68 Å². The van der Waals surface area contributed by atoms with Gasteiger partial charge in [0.15, 0.2) is 5.54 Å². The Kier molecular flexibility index (Phi) is 4.27. The number of hydrogen-bond acceptors (Lipinski definition) is 6. The molecule has 1 N–H and O–H groups in total. The van der Waals surface area contributed by atoms with Crippen LogP contribution in [0.1, 0.15) is 47.8 Å². The summed E-state index contributed by atoms with van der Waals surface area (Å²) in [5.41, 5.74) is 0.838. The highest BCUT2D eigenvalue weighted by Crippen LogP contribution is 2.42. The second-order valence-corrected chi connectivity index (χ2v) is 7.42. The number of nitrogens with one attached hydrogen (secondary N) is 1. The first-order chi connectivity index (χ1) is 12.2. The first-order valence-electron chi connectivity index (χ1n) is 8.47. The number of thiophene rings is 1. The molecule has 1 saturated heterocycles. The summed E-state index contributed by atoms with van der Waals surface area (Å²) in [5, 5.41) is 24.7. The molecule has 2 fully saturated rings. The Morgan fingerprint density at radius 1 is 1.48 bits per heavy atom. The van der Waals surface area contributed by atoms with Crippen LogP contribution in [-0.4, -0.2) is 34.1 Å². The van der Waals surface area contributed by atoms with Gasteiger partial charge in [-0.05, 0) is 43.0 Å². The number of hydrogen-bond donors (Lipinski definition) is 1. The van der Waals surface area contributed by atoms with E-state index in [2.05, 4.69) is 21.7 Å². The van der Waals surface area contributed by atoms with E-state index in [1.165, 1.54) is 11.3 Å². The fourth-order valence-electron chi connectivity index (χ4n) is 3.24. The van der Waals surface area contributed by atoms with E-state index in [1.807, 2.05) is 23.0 Å². The molecule has 0 radical (unpaired) electrons. The average molecular weight is 357 g/mol. The molecular weight excluding hydrogens is 338 g/mol. The highest BCUT2D eigenvalue weighted by atomic mass is 32.1. The molecule has 1 aliphatic heterocycles. The molecule has 0 spiro atoms. The van der Waals surface area contributed by atoms with Gasteiger partial charge in [0, 0.05) is 18.6 Å². The number of aromatic nitrogens is 3. The van der Waals surface area contributed by atoms with Gasteiger partial charge in [0.2, 0.25) is 0 Å². The van der Waals surface area contributed by atoms with Gasteiger partial charge in [-0.2, -0.15) is 16.6 Å². The third-order valence-corrected chi connectivity index (χ3v) is 5.69. The number of nitriles is 1. The van der Waals surface area contributed by atoms with Crippen molar-refractivity contribution in [2.24, 2.45) is 5.92 Å². The normalized spacial score (nSPS) is 20.6. The maximum absolute atomic E-state index is 12.6. The summed E-state index contributed by atoms with van der Waals surface area (Å²) in [6, 6.07) is 3.91. The number of carbonyl (C=O) groups excluding carboxylic acids is 1. The van der Waals surface area contributed by atoms with E-state index >= 15 is 0 Å². The minimum atomic E-state index is -0.539. The van der Waals surface area contributed by atoms with Crippen molar-refractivity contribution in [1.82, 2.24) is 20.3 Å². The van der Waals surface area contributed by atoms with Crippen LogP contribution in [0.4, 0.5) is 0 Å². The number of carbonyl (C=O) groups is 1. The van der Waals surface area contributed by atoms with Crippen molar-refractivity contribution in [2.75, 3.05) is 13.2 Å². The van der Waals surface area contributed by atoms with E-state index < -0.39 is 5.54 Å². The van der Waals surface area contributed by atoms with Crippen LogP contribution in [0.2, 0.25) is 0 Å². The lowest BCUT2D eigenvalue weighted by molar-refractivity contribution is 0.0508. The third-order valence-electron chi connectivity index (χ3n) is 5.01. The van der Waals surface area contributed by atoms with Crippen LogP contribution >= 0.6 is 11.3 Å². The predicted molar refractivity (Wildman–Crippen MR) is 90.9 cm³/mol. The number of nitrogens with zero attached hydrogens (tertiary/aromatic N) is 4. The first kappa shape index (κ1) is 16.2. The molecule has 0 aromatic carbocycles. The van der Waals surface area contributed by atoms with E-state index in [-0.39, 0.29) is 17.9 Å². The lowest BCUT2D eigenvalue weighted by Gasteiger charge is -2.29. The van der Waals surface area contributed by atoms with Crippen LogP contribution in [-0.2, 0) is 10.3 Å². The van der Waals surface area contributed by atoms with Gasteiger partial charge in [-0.1, -0.05) is 5.21 Å². The summed E-state index contributed by atoms with van der Waals surface area (Å²) in [6.07, 6.45) is 5.16. The SMILES string of the molecule is N#CC1(n2cc(C(NC(=O)c3ccsc3)C3CCOCC3)nn2)CC1. The van der Waals surface area contributed by atoms with Crippen LogP contribution in [0.15, 0.2) is 23.0 Å². The highest BCUT2D eigenvalue weighted by Gasteiger charge is 2.47. The van der Waals surface area contributed by atoms with Crippen molar-refractivity contribution < 1.29 is 9.53 Å². The Morgan fingerprint density at radius 3 is 2.92 bits per heavy atom. The van der Waals surface area contributed by atoms with Gasteiger partial charge in [0.1, 0.15) is 5.69 Å². The molecule has 8 heteroatoms. The number of rotatable bonds is 5. The van der Waals surface area contributed by atoms with Gasteiger partial charge in [0.05, 0.1) is 23.9 Å². The number of ether oxygens (including phenoxy) is 1. The highest BCUT2D eigenvalue weighted by molar-refractivity contribution is 7.08. The van der Waals surface area contributed by atoms with Crippen molar-refractivity contribution in [1.29, 1.82) is 5.26 Å². The van der Waals surface area contributed by atoms with Crippen molar-refractivity contribution in [3.05, 3.63) is 34.3 Å². The lowest BCUT2D eigenvalue weighted by atomic mass is 9.89. The number of amides is 1. The zero-order valence-electron chi connectivity index (χ0n) is 13.7.